The highest BCUT2D eigenvalue weighted by Gasteiger charge is 2.45. The Kier molecular flexibility index (Phi) is 11.5. The standard InChI is InChI=1S/C35H35ClF4N4O3.C2HF3O2/c1-5-21-26(37)8-7-19-13-20(45)14-22(27(19)21)28-25(36)15-23-30(29(28)38)41-33(42-32(23)44-11-6-10-35(3,46)17-44)47-18-34(2)16-43(4)12-9-24(34)31(39)40;3-2(4,5)1(6)7/h1,7-8,13-15,24,31,45-46H,6,9-12,16-18H2,2-4H3;(H,6,7)/t24-,34+,35-;/m1./s1. The number of β-amino-alcohol motifs (C(OH)–C–C–N with tert-alkyl or cyclic N) is 1. The molecule has 0 aliphatic carbocycles. The van der Waals surface area contributed by atoms with E-state index in [9.17, 15) is 36.6 Å². The number of anilines is 1. The van der Waals surface area contributed by atoms with Gasteiger partial charge in [0.25, 0.3) is 0 Å². The monoisotopic (exact) mass is 784 g/mol. The van der Waals surface area contributed by atoms with Crippen LogP contribution in [0.2, 0.25) is 5.02 Å². The summed E-state index contributed by atoms with van der Waals surface area (Å²) >= 11 is 6.78. The summed E-state index contributed by atoms with van der Waals surface area (Å²) in [5.74, 6) is -2.94. The largest absolute Gasteiger partial charge is 0.508 e. The summed E-state index contributed by atoms with van der Waals surface area (Å²) in [6.07, 6.45) is -0.516. The number of nitrogens with zero attached hydrogens (tertiary/aromatic N) is 4. The zero-order chi connectivity index (χ0) is 39.9. The quantitative estimate of drug-likeness (QED) is 0.134. The van der Waals surface area contributed by atoms with Crippen molar-refractivity contribution in [2.24, 2.45) is 11.3 Å². The second kappa shape index (κ2) is 15.3. The summed E-state index contributed by atoms with van der Waals surface area (Å²) in [6.45, 7) is 4.82. The lowest BCUT2D eigenvalue weighted by Gasteiger charge is -2.44. The van der Waals surface area contributed by atoms with Crippen LogP contribution in [0.5, 0.6) is 11.8 Å². The fourth-order valence-electron chi connectivity index (χ4n) is 7.21. The number of halogens is 8. The van der Waals surface area contributed by atoms with E-state index in [1.807, 2.05) is 11.9 Å². The van der Waals surface area contributed by atoms with Crippen molar-refractivity contribution < 1.29 is 55.6 Å². The van der Waals surface area contributed by atoms with Gasteiger partial charge in [-0.1, -0.05) is 30.5 Å². The number of carbonyl (C=O) groups is 1. The summed E-state index contributed by atoms with van der Waals surface area (Å²) < 4.78 is 97.9. The number of aromatic nitrogens is 2. The van der Waals surface area contributed by atoms with E-state index in [1.54, 1.807) is 18.7 Å². The molecule has 2 aliphatic heterocycles. The maximum absolute atomic E-state index is 16.9. The number of carboxylic acids is 1. The molecule has 2 fully saturated rings. The van der Waals surface area contributed by atoms with Crippen molar-refractivity contribution in [1.82, 2.24) is 14.9 Å². The first kappa shape index (κ1) is 40.6. The van der Waals surface area contributed by atoms with Crippen LogP contribution in [0, 0.1) is 35.3 Å². The number of hydrogen-bond acceptors (Lipinski definition) is 8. The molecule has 2 saturated heterocycles. The van der Waals surface area contributed by atoms with Crippen molar-refractivity contribution >= 4 is 45.1 Å². The van der Waals surface area contributed by atoms with Crippen LogP contribution in [0.15, 0.2) is 30.3 Å². The molecule has 2 aliphatic rings. The highest BCUT2D eigenvalue weighted by molar-refractivity contribution is 6.35. The molecule has 6 rings (SSSR count). The number of aliphatic carboxylic acids is 1. The minimum absolute atomic E-state index is 0.0536. The van der Waals surface area contributed by atoms with Crippen molar-refractivity contribution in [3.05, 3.63) is 52.6 Å². The van der Waals surface area contributed by atoms with Gasteiger partial charge in [0.05, 0.1) is 22.8 Å². The second-order valence-electron chi connectivity index (χ2n) is 14.2. The predicted molar refractivity (Wildman–Crippen MR) is 188 cm³/mol. The predicted octanol–water partition coefficient (Wildman–Crippen LogP) is 7.65. The van der Waals surface area contributed by atoms with Gasteiger partial charge in [0.2, 0.25) is 6.43 Å². The van der Waals surface area contributed by atoms with Gasteiger partial charge >= 0.3 is 18.2 Å². The smallest absolute Gasteiger partial charge is 0.490 e. The molecule has 0 radical (unpaired) electrons. The second-order valence-corrected chi connectivity index (χ2v) is 14.6. The topological polar surface area (TPSA) is 119 Å². The number of likely N-dealkylation sites (tertiary alicyclic amines) is 1. The Bertz CT molecular complexity index is 2130. The van der Waals surface area contributed by atoms with Crippen LogP contribution in [-0.4, -0.2) is 94.2 Å². The molecule has 0 bridgehead atoms. The van der Waals surface area contributed by atoms with Gasteiger partial charge in [-0.3, -0.25) is 0 Å². The average molecular weight is 785 g/mol. The van der Waals surface area contributed by atoms with Crippen molar-refractivity contribution in [3.8, 4) is 35.2 Å². The molecule has 3 N–H and O–H groups in total. The van der Waals surface area contributed by atoms with E-state index in [4.69, 9.17) is 32.7 Å². The number of fused-ring (bicyclic) bond motifs is 2. The molecular weight excluding hydrogens is 749 g/mol. The van der Waals surface area contributed by atoms with Crippen molar-refractivity contribution in [1.29, 1.82) is 0 Å². The first-order valence-corrected chi connectivity index (χ1v) is 17.0. The SMILES string of the molecule is C#Cc1c(F)ccc2cc(O)cc(-c3c(Cl)cc4c(N5CCC[C@@](C)(O)C5)nc(OC[C@]5(C)CN(C)CC[C@@H]5C(F)F)nc4c3F)c12.O=C(O)C(F)(F)F. The maximum atomic E-state index is 16.9. The molecule has 9 nitrogen and oxygen atoms in total. The van der Waals surface area contributed by atoms with Crippen LogP contribution in [0.4, 0.5) is 36.6 Å². The fraction of sp³-hybridized carbons (Fsp3) is 0.432. The Hall–Kier alpha value is -4.59. The Balaban J connectivity index is 0.000000730. The molecule has 290 valence electrons. The number of benzene rings is 3. The summed E-state index contributed by atoms with van der Waals surface area (Å²) in [5.41, 5.74) is -2.45. The van der Waals surface area contributed by atoms with Gasteiger partial charge < -0.3 is 29.9 Å². The molecule has 0 amide bonds. The van der Waals surface area contributed by atoms with Gasteiger partial charge in [0, 0.05) is 47.3 Å². The van der Waals surface area contributed by atoms with Gasteiger partial charge in [-0.25, -0.2) is 22.4 Å². The molecule has 1 aromatic heterocycles. The van der Waals surface area contributed by atoms with Crippen LogP contribution in [0.25, 0.3) is 32.8 Å². The van der Waals surface area contributed by atoms with Crippen LogP contribution in [0.1, 0.15) is 38.7 Å². The van der Waals surface area contributed by atoms with E-state index >= 15 is 4.39 Å². The third-order valence-corrected chi connectivity index (χ3v) is 10.0. The number of terminal acetylenes is 1. The molecule has 3 heterocycles. The van der Waals surface area contributed by atoms with Crippen LogP contribution < -0.4 is 9.64 Å². The van der Waals surface area contributed by atoms with E-state index in [-0.39, 0.29) is 75.2 Å². The summed E-state index contributed by atoms with van der Waals surface area (Å²) in [6, 6.07) is 6.47. The van der Waals surface area contributed by atoms with E-state index in [0.29, 0.717) is 37.9 Å². The van der Waals surface area contributed by atoms with Gasteiger partial charge in [-0.15, -0.1) is 6.42 Å². The minimum Gasteiger partial charge on any atom is -0.508 e. The lowest BCUT2D eigenvalue weighted by Crippen LogP contribution is -2.51. The Labute approximate surface area is 310 Å². The maximum Gasteiger partial charge on any atom is 0.490 e. The highest BCUT2D eigenvalue weighted by atomic mass is 35.5. The Morgan fingerprint density at radius 1 is 1.15 bits per heavy atom. The number of rotatable bonds is 6. The lowest BCUT2D eigenvalue weighted by atomic mass is 9.73. The van der Waals surface area contributed by atoms with E-state index in [2.05, 4.69) is 15.9 Å². The first-order chi connectivity index (χ1) is 25.2. The Morgan fingerprint density at radius 3 is 2.44 bits per heavy atom. The number of alkyl halides is 5. The van der Waals surface area contributed by atoms with Crippen LogP contribution >= 0.6 is 11.6 Å². The van der Waals surface area contributed by atoms with Gasteiger partial charge in [-0.2, -0.15) is 23.1 Å². The number of phenols is 1. The van der Waals surface area contributed by atoms with E-state index < -0.39 is 47.1 Å². The lowest BCUT2D eigenvalue weighted by molar-refractivity contribution is -0.192. The Morgan fingerprint density at radius 2 is 1.83 bits per heavy atom. The molecule has 3 atom stereocenters. The molecule has 3 aromatic carbocycles. The van der Waals surface area contributed by atoms with Gasteiger partial charge in [0.15, 0.2) is 5.82 Å². The molecule has 0 unspecified atom stereocenters. The highest BCUT2D eigenvalue weighted by Crippen LogP contribution is 2.45. The zero-order valence-electron chi connectivity index (χ0n) is 29.2. The number of hydrogen-bond donors (Lipinski definition) is 3. The van der Waals surface area contributed by atoms with Crippen LogP contribution in [0.3, 0.4) is 0 Å². The van der Waals surface area contributed by atoms with Crippen molar-refractivity contribution in [2.75, 3.05) is 44.7 Å². The fourth-order valence-corrected chi connectivity index (χ4v) is 7.50. The molecule has 54 heavy (non-hydrogen) atoms. The molecular formula is C37H36ClF7N4O5. The van der Waals surface area contributed by atoms with Crippen molar-refractivity contribution in [3.63, 3.8) is 0 Å². The number of aromatic hydroxyl groups is 1. The summed E-state index contributed by atoms with van der Waals surface area (Å²) in [5, 5.41) is 29.3. The van der Waals surface area contributed by atoms with Gasteiger partial charge in [-0.05, 0) is 75.0 Å². The zero-order valence-corrected chi connectivity index (χ0v) is 30.0. The number of phenolic OH excluding ortho intramolecular Hbond substituents is 1. The van der Waals surface area contributed by atoms with E-state index in [0.717, 1.165) is 0 Å². The number of ether oxygens (including phenoxy) is 1. The van der Waals surface area contributed by atoms with Gasteiger partial charge in [0.1, 0.15) is 22.9 Å². The summed E-state index contributed by atoms with van der Waals surface area (Å²) in [7, 11) is 1.86. The molecule has 4 aromatic rings. The average Bonchev–Trinajstić information content (AvgIpc) is 3.06. The number of aliphatic hydroxyl groups is 1. The first-order valence-electron chi connectivity index (χ1n) is 16.6. The normalized spacial score (nSPS) is 22.2. The summed E-state index contributed by atoms with van der Waals surface area (Å²) in [4.78, 5) is 21.7. The molecule has 0 saturated carbocycles. The van der Waals surface area contributed by atoms with Crippen molar-refractivity contribution in [2.45, 2.75) is 51.3 Å². The molecule has 17 heteroatoms. The van der Waals surface area contributed by atoms with E-state index in [1.165, 1.54) is 30.3 Å². The number of carboxylic acid groups (broad SMARTS) is 1. The minimum atomic E-state index is -5.08. The van der Waals surface area contributed by atoms with Crippen LogP contribution in [-0.2, 0) is 4.79 Å². The third-order valence-electron chi connectivity index (χ3n) is 9.71. The molecule has 0 spiro atoms. The number of piperidine rings is 2. The third kappa shape index (κ3) is 8.38.